The van der Waals surface area contributed by atoms with Crippen LogP contribution in [0.4, 0.5) is 10.1 Å². The first-order chi connectivity index (χ1) is 7.86. The number of hydrogen-bond acceptors (Lipinski definition) is 2. The topological polar surface area (TPSA) is 21.3 Å². The molecule has 1 atom stereocenters. The minimum Gasteiger partial charge on any atom is -0.385 e. The van der Waals surface area contributed by atoms with E-state index < -0.39 is 0 Å². The molecule has 1 aromatic carbocycles. The molecule has 0 bridgehead atoms. The van der Waals surface area contributed by atoms with Gasteiger partial charge in [-0.15, -0.1) is 0 Å². The molecule has 3 heteroatoms. The lowest BCUT2D eigenvalue weighted by Crippen LogP contribution is -2.21. The fourth-order valence-electron chi connectivity index (χ4n) is 1.64. The summed E-state index contributed by atoms with van der Waals surface area (Å²) in [5.41, 5.74) is 1.09. The Morgan fingerprint density at radius 3 is 2.62 bits per heavy atom. The first kappa shape index (κ1) is 13.0. The summed E-state index contributed by atoms with van der Waals surface area (Å²) in [6.07, 6.45) is 2.36. The van der Waals surface area contributed by atoms with Gasteiger partial charge in [0.1, 0.15) is 0 Å². The molecule has 1 aromatic rings. The molecule has 0 saturated heterocycles. The highest BCUT2D eigenvalue weighted by molar-refractivity contribution is 5.43. The molecule has 1 N–H and O–H groups in total. The van der Waals surface area contributed by atoms with Gasteiger partial charge < -0.3 is 10.1 Å². The van der Waals surface area contributed by atoms with Crippen LogP contribution in [0, 0.1) is 0 Å². The van der Waals surface area contributed by atoms with Crippen molar-refractivity contribution in [3.8, 4) is 0 Å². The maximum absolute atomic E-state index is 12.2. The summed E-state index contributed by atoms with van der Waals surface area (Å²) in [4.78, 5) is 0. The summed E-state index contributed by atoms with van der Waals surface area (Å²) in [6.45, 7) is 0.455. The van der Waals surface area contributed by atoms with Gasteiger partial charge in [-0.2, -0.15) is 0 Å². The maximum atomic E-state index is 12.2. The van der Waals surface area contributed by atoms with Gasteiger partial charge in [0.15, 0.2) is 0 Å². The van der Waals surface area contributed by atoms with Gasteiger partial charge in [-0.25, -0.2) is 0 Å². The molecule has 1 rings (SSSR count). The van der Waals surface area contributed by atoms with E-state index in [-0.39, 0.29) is 12.7 Å². The lowest BCUT2D eigenvalue weighted by molar-refractivity contribution is 0.188. The van der Waals surface area contributed by atoms with Gasteiger partial charge in [0.2, 0.25) is 0 Å². The first-order valence-electron chi connectivity index (χ1n) is 5.73. The van der Waals surface area contributed by atoms with E-state index in [1.54, 1.807) is 7.11 Å². The SMILES string of the molecule is COCCC(CCCF)Nc1ccccc1. The second kappa shape index (κ2) is 8.11. The molecule has 0 amide bonds. The zero-order chi connectivity index (χ0) is 11.6. The maximum Gasteiger partial charge on any atom is 0.0895 e. The zero-order valence-electron chi connectivity index (χ0n) is 9.79. The van der Waals surface area contributed by atoms with E-state index in [2.05, 4.69) is 5.32 Å². The molecule has 0 saturated carbocycles. The molecule has 0 heterocycles. The molecule has 2 nitrogen and oxygen atoms in total. The van der Waals surface area contributed by atoms with E-state index in [1.165, 1.54) is 0 Å². The Kier molecular flexibility index (Phi) is 6.58. The van der Waals surface area contributed by atoms with Crippen LogP contribution in [0.3, 0.4) is 0 Å². The standard InChI is InChI=1S/C13H20FNO/c1-16-11-9-13(8-5-10-14)15-12-6-3-2-4-7-12/h2-4,6-7,13,15H,5,8-11H2,1H3. The van der Waals surface area contributed by atoms with Crippen LogP contribution in [0.5, 0.6) is 0 Å². The highest BCUT2D eigenvalue weighted by Crippen LogP contribution is 2.12. The Morgan fingerprint density at radius 2 is 2.00 bits per heavy atom. The summed E-state index contributed by atoms with van der Waals surface area (Å²) in [7, 11) is 1.69. The van der Waals surface area contributed by atoms with Crippen molar-refractivity contribution in [3.05, 3.63) is 30.3 Å². The Labute approximate surface area is 96.8 Å². The molecule has 0 spiro atoms. The molecular weight excluding hydrogens is 205 g/mol. The largest absolute Gasteiger partial charge is 0.385 e. The average Bonchev–Trinajstić information content (AvgIpc) is 2.34. The predicted octanol–water partition coefficient (Wildman–Crippen LogP) is 3.25. The van der Waals surface area contributed by atoms with Crippen LogP contribution in [0.15, 0.2) is 30.3 Å². The minimum absolute atomic E-state index is 0.250. The number of ether oxygens (including phenoxy) is 1. The lowest BCUT2D eigenvalue weighted by Gasteiger charge is -2.19. The van der Waals surface area contributed by atoms with Crippen LogP contribution in [0.25, 0.3) is 0 Å². The summed E-state index contributed by atoms with van der Waals surface area (Å²) in [5.74, 6) is 0. The van der Waals surface area contributed by atoms with E-state index >= 15 is 0 Å². The monoisotopic (exact) mass is 225 g/mol. The Hall–Kier alpha value is -1.09. The fourth-order valence-corrected chi connectivity index (χ4v) is 1.64. The van der Waals surface area contributed by atoms with E-state index in [0.29, 0.717) is 13.0 Å². The van der Waals surface area contributed by atoms with Gasteiger partial charge in [0, 0.05) is 25.4 Å². The third-order valence-electron chi connectivity index (χ3n) is 2.50. The Balaban J connectivity index is 2.42. The second-order valence-electron chi connectivity index (χ2n) is 3.82. The van der Waals surface area contributed by atoms with Gasteiger partial charge in [-0.3, -0.25) is 4.39 Å². The van der Waals surface area contributed by atoms with Gasteiger partial charge >= 0.3 is 0 Å². The Morgan fingerprint density at radius 1 is 1.25 bits per heavy atom. The molecule has 0 fully saturated rings. The smallest absolute Gasteiger partial charge is 0.0895 e. The molecule has 16 heavy (non-hydrogen) atoms. The number of methoxy groups -OCH3 is 1. The third kappa shape index (κ3) is 5.12. The average molecular weight is 225 g/mol. The van der Waals surface area contributed by atoms with Crippen molar-refractivity contribution in [1.82, 2.24) is 0 Å². The van der Waals surface area contributed by atoms with Crippen molar-refractivity contribution in [1.29, 1.82) is 0 Å². The molecule has 1 unspecified atom stereocenters. The first-order valence-corrected chi connectivity index (χ1v) is 5.73. The van der Waals surface area contributed by atoms with E-state index in [0.717, 1.165) is 18.5 Å². The van der Waals surface area contributed by atoms with E-state index in [4.69, 9.17) is 4.74 Å². The van der Waals surface area contributed by atoms with E-state index in [1.807, 2.05) is 30.3 Å². The summed E-state index contributed by atoms with van der Waals surface area (Å²) < 4.78 is 17.2. The number of anilines is 1. The highest BCUT2D eigenvalue weighted by atomic mass is 19.1. The van der Waals surface area contributed by atoms with Gasteiger partial charge in [-0.1, -0.05) is 18.2 Å². The molecule has 0 aliphatic heterocycles. The van der Waals surface area contributed by atoms with Crippen LogP contribution >= 0.6 is 0 Å². The van der Waals surface area contributed by atoms with Gasteiger partial charge in [0.05, 0.1) is 6.67 Å². The van der Waals surface area contributed by atoms with Gasteiger partial charge in [-0.05, 0) is 31.4 Å². The number of alkyl halides is 1. The van der Waals surface area contributed by atoms with Gasteiger partial charge in [0.25, 0.3) is 0 Å². The van der Waals surface area contributed by atoms with Crippen molar-refractivity contribution >= 4 is 5.69 Å². The van der Waals surface area contributed by atoms with Crippen molar-refractivity contribution < 1.29 is 9.13 Å². The van der Waals surface area contributed by atoms with Crippen LogP contribution in [0.1, 0.15) is 19.3 Å². The quantitative estimate of drug-likeness (QED) is 0.733. The van der Waals surface area contributed by atoms with Crippen LogP contribution in [-0.4, -0.2) is 26.4 Å². The molecule has 0 aliphatic rings. The highest BCUT2D eigenvalue weighted by Gasteiger charge is 2.07. The molecule has 90 valence electrons. The number of rotatable bonds is 8. The van der Waals surface area contributed by atoms with Crippen molar-refractivity contribution in [3.63, 3.8) is 0 Å². The van der Waals surface area contributed by atoms with Crippen molar-refractivity contribution in [2.45, 2.75) is 25.3 Å². The van der Waals surface area contributed by atoms with Crippen LogP contribution < -0.4 is 5.32 Å². The second-order valence-corrected chi connectivity index (χ2v) is 3.82. The third-order valence-corrected chi connectivity index (χ3v) is 2.50. The number of hydrogen-bond donors (Lipinski definition) is 1. The fraction of sp³-hybridized carbons (Fsp3) is 0.538. The van der Waals surface area contributed by atoms with Crippen LogP contribution in [-0.2, 0) is 4.74 Å². The summed E-state index contributed by atoms with van der Waals surface area (Å²) in [6, 6.07) is 10.3. The predicted molar refractivity (Wildman–Crippen MR) is 65.6 cm³/mol. The molecule has 0 aromatic heterocycles. The lowest BCUT2D eigenvalue weighted by atomic mass is 10.1. The summed E-state index contributed by atoms with van der Waals surface area (Å²) in [5, 5.41) is 3.40. The normalized spacial score (nSPS) is 12.4. The minimum atomic E-state index is -0.250. The summed E-state index contributed by atoms with van der Waals surface area (Å²) >= 11 is 0. The van der Waals surface area contributed by atoms with Crippen molar-refractivity contribution in [2.24, 2.45) is 0 Å². The Bertz CT molecular complexity index is 258. The zero-order valence-corrected chi connectivity index (χ0v) is 9.79. The van der Waals surface area contributed by atoms with E-state index in [9.17, 15) is 4.39 Å². The molecular formula is C13H20FNO. The molecule has 0 aliphatic carbocycles. The van der Waals surface area contributed by atoms with Crippen LogP contribution in [0.2, 0.25) is 0 Å². The number of halogens is 1. The number of para-hydroxylation sites is 1. The van der Waals surface area contributed by atoms with Crippen molar-refractivity contribution in [2.75, 3.05) is 25.7 Å². The number of benzene rings is 1. The molecule has 0 radical (unpaired) electrons. The number of nitrogens with one attached hydrogen (secondary N) is 1.